The Kier molecular flexibility index (Phi) is 15.9. The van der Waals surface area contributed by atoms with E-state index in [2.05, 4.69) is 70.6 Å². The molecule has 4 fully saturated rings. The lowest BCUT2D eigenvalue weighted by Crippen LogP contribution is -2.50. The largest absolute Gasteiger partial charge is 0.507 e. The number of thiazole rings is 1. The van der Waals surface area contributed by atoms with Gasteiger partial charge < -0.3 is 45.2 Å². The molecular weight excluding hydrogens is 967 g/mol. The number of aryl methyl sites for hydroxylation is 1. The van der Waals surface area contributed by atoms with Gasteiger partial charge in [-0.3, -0.25) is 14.3 Å². The number of anilines is 2. The van der Waals surface area contributed by atoms with Crippen LogP contribution in [0.15, 0.2) is 82.6 Å². The fourth-order valence-electron chi connectivity index (χ4n) is 11.5. The topological polar surface area (TPSA) is 214 Å². The summed E-state index contributed by atoms with van der Waals surface area (Å²) in [5.74, 6) is 8.44. The van der Waals surface area contributed by atoms with Gasteiger partial charge in [0.2, 0.25) is 11.8 Å². The summed E-state index contributed by atoms with van der Waals surface area (Å²) >= 11 is 1.67. The number of benzene rings is 1. The first-order valence-electron chi connectivity index (χ1n) is 26.9. The van der Waals surface area contributed by atoms with Gasteiger partial charge in [0, 0.05) is 91.4 Å². The number of aliphatic hydroxyl groups is 1. The van der Waals surface area contributed by atoms with Gasteiger partial charge in [-0.15, -0.1) is 21.5 Å². The molecule has 396 valence electrons. The van der Waals surface area contributed by atoms with Crippen molar-refractivity contribution in [1.82, 2.24) is 45.2 Å². The Hall–Kier alpha value is -6.39. The number of phenols is 1. The van der Waals surface area contributed by atoms with Gasteiger partial charge in [-0.2, -0.15) is 5.10 Å². The number of aromatic hydroxyl groups is 1. The summed E-state index contributed by atoms with van der Waals surface area (Å²) in [7, 11) is 0. The normalized spacial score (nSPS) is 23.8. The van der Waals surface area contributed by atoms with Crippen molar-refractivity contribution in [2.24, 2.45) is 17.8 Å². The number of nitrogen functional groups attached to an aromatic ring is 1. The van der Waals surface area contributed by atoms with Crippen molar-refractivity contribution in [3.63, 3.8) is 0 Å². The summed E-state index contributed by atoms with van der Waals surface area (Å²) < 4.78 is 14.4. The minimum absolute atomic E-state index is 0.0938. The molecule has 2 amide bonds. The number of nitrogens with one attached hydrogen (secondary N) is 1. The van der Waals surface area contributed by atoms with E-state index in [1.165, 1.54) is 4.88 Å². The summed E-state index contributed by atoms with van der Waals surface area (Å²) in [5.41, 5.74) is 12.8. The zero-order chi connectivity index (χ0) is 52.3. The first-order valence-corrected chi connectivity index (χ1v) is 27.8. The van der Waals surface area contributed by atoms with E-state index in [0.717, 1.165) is 100 Å². The molecule has 2 aliphatic carbocycles. The zero-order valence-electron chi connectivity index (χ0n) is 43.7. The highest BCUT2D eigenvalue weighted by atomic mass is 32.1. The summed E-state index contributed by atoms with van der Waals surface area (Å²) in [5, 5.41) is 41.6. The Morgan fingerprint density at radius 1 is 1.00 bits per heavy atom. The van der Waals surface area contributed by atoms with Crippen LogP contribution >= 0.6 is 11.3 Å². The Bertz CT molecular complexity index is 2930. The number of piperidine rings is 2. The third-order valence-electron chi connectivity index (χ3n) is 16.0. The molecule has 3 aliphatic heterocycles. The number of rotatable bonds is 15. The number of aromatic nitrogens is 6. The van der Waals surface area contributed by atoms with E-state index in [0.29, 0.717) is 34.4 Å². The molecule has 18 heteroatoms. The van der Waals surface area contributed by atoms with Crippen molar-refractivity contribution >= 4 is 34.8 Å². The van der Waals surface area contributed by atoms with Gasteiger partial charge in [-0.1, -0.05) is 61.2 Å². The molecule has 75 heavy (non-hydrogen) atoms. The number of aliphatic hydroxyl groups excluding tert-OH is 1. The molecule has 0 spiro atoms. The number of hydrogen-bond acceptors (Lipinski definition) is 15. The summed E-state index contributed by atoms with van der Waals surface area (Å²) in [6.07, 6.45) is 17.0. The minimum atomic E-state index is -0.792. The van der Waals surface area contributed by atoms with E-state index >= 15 is 0 Å². The van der Waals surface area contributed by atoms with Gasteiger partial charge in [0.15, 0.2) is 17.4 Å². The molecule has 5 aliphatic rings. The second kappa shape index (κ2) is 22.8. The average Bonchev–Trinajstić information content (AvgIpc) is 4.24. The van der Waals surface area contributed by atoms with Crippen LogP contribution in [0.1, 0.15) is 113 Å². The van der Waals surface area contributed by atoms with Gasteiger partial charge in [-0.25, -0.2) is 4.98 Å². The van der Waals surface area contributed by atoms with Crippen molar-refractivity contribution < 1.29 is 29.1 Å². The average molecular weight is 1040 g/mol. The number of ether oxygens (including phenoxy) is 1. The third-order valence-corrected chi connectivity index (χ3v) is 17.1. The molecule has 5 N–H and O–H groups in total. The predicted octanol–water partition coefficient (Wildman–Crippen LogP) is 7.66. The molecule has 3 saturated heterocycles. The molecule has 10 rings (SSSR count). The van der Waals surface area contributed by atoms with E-state index in [9.17, 15) is 19.8 Å². The Labute approximate surface area is 443 Å². The standard InChI is InChI=1S/C57H71N11O6S/c1-34(2)53(57(72)67-32-43(69)26-49(67)56(71)61-36(4)40-12-14-41(15-13-40)54-37(5)59-33-75-54)51-28-52(64-74-51)66-22-16-38(17-23-66)30-65-20-18-44(19-21-65)73-45-24-39(25-45)11-10-35(3)68-31-42(29-60-68)47-27-48(62-63-55(47)58)46-8-6-7-9-50(46)70/h6-9,12-14,27-29,31,33-36,38-39,41,43-45,49,53,69-70H,15-26,30,32H2,1-5H3,(H2,58,63)(H,61,71)/t35-,36+,39-,41?,43-,45-,49+,53-/m1/s1. The van der Waals surface area contributed by atoms with Crippen molar-refractivity contribution in [1.29, 1.82) is 0 Å². The maximum atomic E-state index is 14.4. The molecule has 5 aromatic rings. The Morgan fingerprint density at radius 3 is 2.51 bits per heavy atom. The summed E-state index contributed by atoms with van der Waals surface area (Å²) in [6, 6.07) is 9.58. The highest BCUT2D eigenvalue weighted by Crippen LogP contribution is 2.37. The van der Waals surface area contributed by atoms with Crippen LogP contribution in [-0.4, -0.2) is 132 Å². The molecule has 1 unspecified atom stereocenters. The molecule has 0 radical (unpaired) electrons. The number of para-hydroxylation sites is 1. The van der Waals surface area contributed by atoms with Crippen LogP contribution in [0, 0.1) is 36.5 Å². The first kappa shape index (κ1) is 52.1. The van der Waals surface area contributed by atoms with Crippen molar-refractivity contribution in [2.75, 3.05) is 49.9 Å². The smallest absolute Gasteiger partial charge is 0.243 e. The van der Waals surface area contributed by atoms with Crippen molar-refractivity contribution in [3.8, 4) is 40.0 Å². The number of hydrogen-bond donors (Lipinski definition) is 4. The number of amides is 2. The lowest BCUT2D eigenvalue weighted by Gasteiger charge is -2.40. The fourth-order valence-corrected chi connectivity index (χ4v) is 12.4. The first-order chi connectivity index (χ1) is 36.2. The second-order valence-corrected chi connectivity index (χ2v) is 22.6. The second-order valence-electron chi connectivity index (χ2n) is 21.7. The van der Waals surface area contributed by atoms with Crippen LogP contribution in [0.3, 0.4) is 0 Å². The van der Waals surface area contributed by atoms with Gasteiger partial charge in [0.25, 0.3) is 0 Å². The Balaban J connectivity index is 0.640. The molecule has 7 heterocycles. The van der Waals surface area contributed by atoms with E-state index in [-0.39, 0.29) is 72.5 Å². The van der Waals surface area contributed by atoms with Crippen molar-refractivity contribution in [3.05, 3.63) is 94.4 Å². The zero-order valence-corrected chi connectivity index (χ0v) is 44.5. The van der Waals surface area contributed by atoms with Gasteiger partial charge in [0.05, 0.1) is 47.4 Å². The number of nitrogens with zero attached hydrogens (tertiary/aromatic N) is 9. The number of phenolic OH excluding ortho intramolecular Hbond substituents is 1. The van der Waals surface area contributed by atoms with Crippen LogP contribution < -0.4 is 16.0 Å². The third kappa shape index (κ3) is 11.9. The fraction of sp³-hybridized carbons (Fsp3) is 0.526. The van der Waals surface area contributed by atoms with E-state index in [4.69, 9.17) is 15.0 Å². The molecule has 4 aromatic heterocycles. The highest BCUT2D eigenvalue weighted by Gasteiger charge is 2.44. The SMILES string of the molecule is Cc1ncsc1C1C=CC([C@H](C)NC(=O)[C@@H]2C[C@@H](O)CN2C(=O)[C@@H](c2cc(N3CCC(CN4CCC(O[C@H]5C[C@H](C#C[C@@H](C)n6cc(-c7cc(-c8ccccc8O)nnc7N)cn6)C5)CC4)CC3)no2)C(C)C)=CC1. The number of β-amino-alcohol motifs (C(OH)–C–C–N with tert-alkyl or cyclic N) is 1. The quantitative estimate of drug-likeness (QED) is 0.0742. The Morgan fingerprint density at radius 2 is 1.79 bits per heavy atom. The van der Waals surface area contributed by atoms with Crippen LogP contribution in [0.4, 0.5) is 11.6 Å². The monoisotopic (exact) mass is 1040 g/mol. The number of carbonyl (C=O) groups is 2. The molecule has 17 nitrogen and oxygen atoms in total. The molecule has 6 atom stereocenters. The van der Waals surface area contributed by atoms with Gasteiger partial charge >= 0.3 is 0 Å². The van der Waals surface area contributed by atoms with Crippen LogP contribution in [0.5, 0.6) is 5.75 Å². The minimum Gasteiger partial charge on any atom is -0.507 e. The van der Waals surface area contributed by atoms with Crippen molar-refractivity contribution in [2.45, 2.75) is 134 Å². The highest BCUT2D eigenvalue weighted by molar-refractivity contribution is 7.09. The summed E-state index contributed by atoms with van der Waals surface area (Å²) in [4.78, 5) is 40.3. The maximum absolute atomic E-state index is 14.4. The molecule has 1 aromatic carbocycles. The van der Waals surface area contributed by atoms with E-state index < -0.39 is 18.1 Å². The maximum Gasteiger partial charge on any atom is 0.243 e. The molecule has 0 bridgehead atoms. The van der Waals surface area contributed by atoms with Crippen LogP contribution in [0.2, 0.25) is 0 Å². The lowest BCUT2D eigenvalue weighted by molar-refractivity contribution is -0.141. The molecular formula is C57H71N11O6S. The van der Waals surface area contributed by atoms with E-state index in [1.54, 1.807) is 40.6 Å². The summed E-state index contributed by atoms with van der Waals surface area (Å²) in [6.45, 7) is 15.0. The van der Waals surface area contributed by atoms with Gasteiger partial charge in [0.1, 0.15) is 23.8 Å². The van der Waals surface area contributed by atoms with Crippen LogP contribution in [-0.2, 0) is 14.3 Å². The lowest BCUT2D eigenvalue weighted by atomic mass is 9.82. The number of likely N-dealkylation sites (tertiary alicyclic amines) is 2. The number of carbonyl (C=O) groups excluding carboxylic acids is 2. The predicted molar refractivity (Wildman–Crippen MR) is 288 cm³/mol. The van der Waals surface area contributed by atoms with Crippen LogP contribution in [0.25, 0.3) is 22.4 Å². The number of nitrogens with two attached hydrogens (primary N) is 1. The molecule has 1 saturated carbocycles. The van der Waals surface area contributed by atoms with E-state index in [1.807, 2.05) is 69.2 Å². The number of allylic oxidation sites excluding steroid dienone is 2. The van der Waals surface area contributed by atoms with Gasteiger partial charge in [-0.05, 0) is 101 Å².